The molecule has 0 aliphatic rings. The number of benzene rings is 1. The van der Waals surface area contributed by atoms with Crippen LogP contribution in [0.25, 0.3) is 6.08 Å². The van der Waals surface area contributed by atoms with Crippen molar-refractivity contribution < 1.29 is 41.0 Å². The van der Waals surface area contributed by atoms with Crippen molar-refractivity contribution in [2.24, 2.45) is 0 Å². The summed E-state index contributed by atoms with van der Waals surface area (Å²) in [5, 5.41) is 9.14. The van der Waals surface area contributed by atoms with E-state index in [1.807, 2.05) is 0 Å². The minimum absolute atomic E-state index is 0.0430. The SMILES string of the molecule is CCOC(=O)C=Cc1ccc(O)c(C(F)(F)F)c1C(F)(F)F. The summed E-state index contributed by atoms with van der Waals surface area (Å²) in [7, 11) is 0. The maximum absolute atomic E-state index is 12.9. The van der Waals surface area contributed by atoms with Gasteiger partial charge in [0.25, 0.3) is 0 Å². The number of esters is 1. The molecule has 1 aromatic carbocycles. The molecule has 9 heteroatoms. The minimum Gasteiger partial charge on any atom is -0.507 e. The number of phenolic OH excluding ortho intramolecular Hbond substituents is 1. The molecule has 1 aromatic rings. The molecule has 0 aromatic heterocycles. The maximum Gasteiger partial charge on any atom is 0.420 e. The fraction of sp³-hybridized carbons (Fsp3) is 0.308. The van der Waals surface area contributed by atoms with Crippen LogP contribution in [0.4, 0.5) is 26.3 Å². The molecule has 0 radical (unpaired) electrons. The zero-order valence-corrected chi connectivity index (χ0v) is 11.0. The van der Waals surface area contributed by atoms with Crippen molar-refractivity contribution in [2.75, 3.05) is 6.61 Å². The molecular formula is C13H10F6O3. The first kappa shape index (κ1) is 17.9. The lowest BCUT2D eigenvalue weighted by Crippen LogP contribution is -2.18. The van der Waals surface area contributed by atoms with Gasteiger partial charge in [0.05, 0.1) is 12.2 Å². The molecule has 0 atom stereocenters. The summed E-state index contributed by atoms with van der Waals surface area (Å²) in [6.07, 6.45) is -9.67. The third-order valence-corrected chi connectivity index (χ3v) is 2.47. The van der Waals surface area contributed by atoms with Crippen LogP contribution in [0.5, 0.6) is 5.75 Å². The summed E-state index contributed by atoms with van der Waals surface area (Å²) in [4.78, 5) is 11.1. The van der Waals surface area contributed by atoms with Gasteiger partial charge in [-0.2, -0.15) is 26.3 Å². The lowest BCUT2D eigenvalue weighted by Gasteiger charge is -2.18. The van der Waals surface area contributed by atoms with E-state index >= 15 is 0 Å². The first-order chi connectivity index (χ1) is 9.98. The summed E-state index contributed by atoms with van der Waals surface area (Å²) in [5.74, 6) is -2.55. The van der Waals surface area contributed by atoms with Crippen LogP contribution in [0.2, 0.25) is 0 Å². The Morgan fingerprint density at radius 3 is 2.14 bits per heavy atom. The lowest BCUT2D eigenvalue weighted by molar-refractivity contribution is -0.163. The Balaban J connectivity index is 3.50. The summed E-state index contributed by atoms with van der Waals surface area (Å²) < 4.78 is 81.5. The maximum atomic E-state index is 12.9. The van der Waals surface area contributed by atoms with Gasteiger partial charge in [-0.1, -0.05) is 6.07 Å². The number of aromatic hydroxyl groups is 1. The number of carbonyl (C=O) groups is 1. The van der Waals surface area contributed by atoms with Crippen LogP contribution in [0.1, 0.15) is 23.6 Å². The Bertz CT molecular complexity index is 587. The second kappa shape index (κ2) is 6.29. The van der Waals surface area contributed by atoms with Crippen molar-refractivity contribution in [1.82, 2.24) is 0 Å². The van der Waals surface area contributed by atoms with Gasteiger partial charge in [0.15, 0.2) is 0 Å². The van der Waals surface area contributed by atoms with Crippen molar-refractivity contribution in [3.05, 3.63) is 34.9 Å². The van der Waals surface area contributed by atoms with Gasteiger partial charge < -0.3 is 9.84 Å². The number of ether oxygens (including phenoxy) is 1. The average molecular weight is 328 g/mol. The second-order valence-corrected chi connectivity index (χ2v) is 4.00. The third kappa shape index (κ3) is 4.15. The van der Waals surface area contributed by atoms with Gasteiger partial charge in [0.2, 0.25) is 0 Å². The molecule has 3 nitrogen and oxygen atoms in total. The van der Waals surface area contributed by atoms with E-state index in [0.717, 1.165) is 0 Å². The smallest absolute Gasteiger partial charge is 0.420 e. The van der Waals surface area contributed by atoms with Crippen molar-refractivity contribution >= 4 is 12.0 Å². The van der Waals surface area contributed by atoms with E-state index in [1.54, 1.807) is 0 Å². The highest BCUT2D eigenvalue weighted by Gasteiger charge is 2.46. The number of hydrogen-bond donors (Lipinski definition) is 1. The second-order valence-electron chi connectivity index (χ2n) is 4.00. The number of phenols is 1. The Labute approximate surface area is 120 Å². The summed E-state index contributed by atoms with van der Waals surface area (Å²) >= 11 is 0. The average Bonchev–Trinajstić information content (AvgIpc) is 2.34. The Kier molecular flexibility index (Phi) is 5.10. The summed E-state index contributed by atoms with van der Waals surface area (Å²) in [6.45, 7) is 1.41. The molecule has 0 amide bonds. The molecule has 1 rings (SSSR count). The molecule has 0 fully saturated rings. The first-order valence-corrected chi connectivity index (χ1v) is 5.83. The molecule has 22 heavy (non-hydrogen) atoms. The van der Waals surface area contributed by atoms with Crippen molar-refractivity contribution in [1.29, 1.82) is 0 Å². The van der Waals surface area contributed by atoms with E-state index in [9.17, 15) is 31.1 Å². The van der Waals surface area contributed by atoms with Crippen LogP contribution >= 0.6 is 0 Å². The Morgan fingerprint density at radius 1 is 1.14 bits per heavy atom. The minimum atomic E-state index is -5.41. The molecule has 0 aliphatic heterocycles. The van der Waals surface area contributed by atoms with Crippen LogP contribution in [0.3, 0.4) is 0 Å². The lowest BCUT2D eigenvalue weighted by atomic mass is 9.98. The Hall–Kier alpha value is -2.19. The topological polar surface area (TPSA) is 46.5 Å². The fourth-order valence-corrected chi connectivity index (χ4v) is 1.69. The molecule has 0 bridgehead atoms. The van der Waals surface area contributed by atoms with Crippen LogP contribution in [-0.2, 0) is 21.9 Å². The van der Waals surface area contributed by atoms with E-state index < -0.39 is 40.8 Å². The molecule has 122 valence electrons. The number of carbonyl (C=O) groups excluding carboxylic acids is 1. The predicted octanol–water partition coefficient (Wildman–Crippen LogP) is 4.01. The van der Waals surface area contributed by atoms with E-state index in [-0.39, 0.29) is 6.61 Å². The fourth-order valence-electron chi connectivity index (χ4n) is 1.69. The monoisotopic (exact) mass is 328 g/mol. The predicted molar refractivity (Wildman–Crippen MR) is 63.8 cm³/mol. The molecule has 0 saturated carbocycles. The molecule has 0 aliphatic carbocycles. The van der Waals surface area contributed by atoms with Gasteiger partial charge in [0.1, 0.15) is 11.3 Å². The molecule has 1 N–H and O–H groups in total. The first-order valence-electron chi connectivity index (χ1n) is 5.83. The van der Waals surface area contributed by atoms with E-state index in [2.05, 4.69) is 4.74 Å². The highest BCUT2D eigenvalue weighted by Crippen LogP contribution is 2.46. The third-order valence-electron chi connectivity index (χ3n) is 2.47. The Morgan fingerprint density at radius 2 is 1.68 bits per heavy atom. The van der Waals surface area contributed by atoms with Gasteiger partial charge in [-0.25, -0.2) is 4.79 Å². The van der Waals surface area contributed by atoms with Crippen LogP contribution < -0.4 is 0 Å². The number of alkyl halides is 6. The zero-order chi connectivity index (χ0) is 17.1. The molecular weight excluding hydrogens is 318 g/mol. The van der Waals surface area contributed by atoms with Gasteiger partial charge in [-0.15, -0.1) is 0 Å². The number of halogens is 6. The largest absolute Gasteiger partial charge is 0.507 e. The van der Waals surface area contributed by atoms with Crippen molar-refractivity contribution in [2.45, 2.75) is 19.3 Å². The van der Waals surface area contributed by atoms with Crippen LogP contribution in [0, 0.1) is 0 Å². The molecule has 0 heterocycles. The van der Waals surface area contributed by atoms with Gasteiger partial charge >= 0.3 is 18.3 Å². The standard InChI is InChI=1S/C13H10F6O3/c1-2-22-9(21)6-4-7-3-5-8(20)11(13(17,18)19)10(7)12(14,15)16/h3-6,20H,2H2,1H3. The number of rotatable bonds is 3. The molecule has 0 unspecified atom stereocenters. The quantitative estimate of drug-likeness (QED) is 0.518. The number of hydrogen-bond acceptors (Lipinski definition) is 3. The van der Waals surface area contributed by atoms with Crippen molar-refractivity contribution in [3.8, 4) is 5.75 Å². The summed E-state index contributed by atoms with van der Waals surface area (Å²) in [6, 6.07) is 1.10. The van der Waals surface area contributed by atoms with E-state index in [0.29, 0.717) is 24.3 Å². The molecule has 0 saturated heterocycles. The molecule has 0 spiro atoms. The highest BCUT2D eigenvalue weighted by molar-refractivity contribution is 5.87. The zero-order valence-electron chi connectivity index (χ0n) is 11.0. The van der Waals surface area contributed by atoms with E-state index in [4.69, 9.17) is 5.11 Å². The van der Waals surface area contributed by atoms with Crippen molar-refractivity contribution in [3.63, 3.8) is 0 Å². The van der Waals surface area contributed by atoms with Crippen LogP contribution in [-0.4, -0.2) is 17.7 Å². The van der Waals surface area contributed by atoms with Gasteiger partial charge in [-0.05, 0) is 24.6 Å². The van der Waals surface area contributed by atoms with Gasteiger partial charge in [-0.3, -0.25) is 0 Å². The van der Waals surface area contributed by atoms with Crippen LogP contribution in [0.15, 0.2) is 18.2 Å². The van der Waals surface area contributed by atoms with E-state index in [1.165, 1.54) is 6.92 Å². The highest BCUT2D eigenvalue weighted by atomic mass is 19.4. The normalized spacial score (nSPS) is 12.7. The van der Waals surface area contributed by atoms with Gasteiger partial charge in [0, 0.05) is 6.08 Å². The summed E-state index contributed by atoms with van der Waals surface area (Å²) in [5.41, 5.74) is -5.18.